The zero-order chi connectivity index (χ0) is 24.8. The predicted octanol–water partition coefficient (Wildman–Crippen LogP) is 3.46. The highest BCUT2D eigenvalue weighted by atomic mass is 32.2. The van der Waals surface area contributed by atoms with Gasteiger partial charge in [0.05, 0.1) is 10.9 Å². The average Bonchev–Trinajstić information content (AvgIpc) is 2.87. The van der Waals surface area contributed by atoms with E-state index in [1.807, 2.05) is 6.92 Å². The number of carbonyl (C=O) groups excluding carboxylic acids is 2. The molecule has 11 heteroatoms. The van der Waals surface area contributed by atoms with Gasteiger partial charge in [0.1, 0.15) is 13.2 Å². The van der Waals surface area contributed by atoms with Crippen molar-refractivity contribution >= 4 is 35.0 Å². The molecule has 35 heavy (non-hydrogen) atoms. The van der Waals surface area contributed by atoms with Gasteiger partial charge in [-0.15, -0.1) is 10.2 Å². The molecule has 3 aromatic rings. The summed E-state index contributed by atoms with van der Waals surface area (Å²) >= 11 is 1.11. The lowest BCUT2D eigenvalue weighted by Crippen LogP contribution is -2.26. The van der Waals surface area contributed by atoms with E-state index in [-0.39, 0.29) is 22.7 Å². The molecular formula is C24H25N5O5S. The molecule has 0 fully saturated rings. The third kappa shape index (κ3) is 5.80. The number of para-hydroxylation sites is 1. The van der Waals surface area contributed by atoms with Gasteiger partial charge in [-0.05, 0) is 24.6 Å². The highest BCUT2D eigenvalue weighted by Crippen LogP contribution is 2.33. The Morgan fingerprint density at radius 2 is 1.83 bits per heavy atom. The molecule has 3 N–H and O–H groups in total. The summed E-state index contributed by atoms with van der Waals surface area (Å²) < 4.78 is 11.1. The van der Waals surface area contributed by atoms with Crippen LogP contribution in [0.1, 0.15) is 26.7 Å². The quantitative estimate of drug-likeness (QED) is 0.404. The fourth-order valence-electron chi connectivity index (χ4n) is 3.39. The highest BCUT2D eigenvalue weighted by molar-refractivity contribution is 8.00. The van der Waals surface area contributed by atoms with Crippen LogP contribution in [0.3, 0.4) is 0 Å². The molecule has 0 saturated carbocycles. The summed E-state index contributed by atoms with van der Waals surface area (Å²) in [4.78, 5) is 40.2. The van der Waals surface area contributed by atoms with Gasteiger partial charge >= 0.3 is 0 Å². The maximum absolute atomic E-state index is 12.9. The van der Waals surface area contributed by atoms with Gasteiger partial charge in [0.2, 0.25) is 11.8 Å². The molecule has 2 heterocycles. The number of benzene rings is 2. The number of anilines is 2. The summed E-state index contributed by atoms with van der Waals surface area (Å²) in [5.74, 6) is 0.799. The molecule has 1 aliphatic rings. The fraction of sp³-hybridized carbons (Fsp3) is 0.292. The molecule has 0 radical (unpaired) electrons. The number of H-pyrrole nitrogens is 1. The first-order valence-corrected chi connectivity index (χ1v) is 12.1. The highest BCUT2D eigenvalue weighted by Gasteiger charge is 2.22. The molecular weight excluding hydrogens is 470 g/mol. The van der Waals surface area contributed by atoms with Crippen LogP contribution in [0.5, 0.6) is 11.5 Å². The van der Waals surface area contributed by atoms with Crippen LogP contribution in [0, 0.1) is 0 Å². The van der Waals surface area contributed by atoms with Crippen molar-refractivity contribution in [2.45, 2.75) is 37.1 Å². The Bertz CT molecular complexity index is 1300. The lowest BCUT2D eigenvalue weighted by Gasteiger charge is -2.19. The summed E-state index contributed by atoms with van der Waals surface area (Å²) in [5, 5.41) is 13.5. The van der Waals surface area contributed by atoms with E-state index in [2.05, 4.69) is 25.8 Å². The number of ether oxygens (including phenoxy) is 2. The minimum absolute atomic E-state index is 0.0788. The summed E-state index contributed by atoms with van der Waals surface area (Å²) in [6.07, 6.45) is 0.803. The van der Waals surface area contributed by atoms with E-state index in [0.29, 0.717) is 54.5 Å². The van der Waals surface area contributed by atoms with Crippen molar-refractivity contribution in [2.24, 2.45) is 0 Å². The second kappa shape index (κ2) is 11.0. The normalized spacial score (nSPS) is 13.1. The van der Waals surface area contributed by atoms with Crippen LogP contribution >= 0.6 is 11.8 Å². The smallest absolute Gasteiger partial charge is 0.278 e. The van der Waals surface area contributed by atoms with Gasteiger partial charge in [-0.2, -0.15) is 0 Å². The molecule has 2 aromatic carbocycles. The van der Waals surface area contributed by atoms with E-state index in [4.69, 9.17) is 9.47 Å². The number of nitrogens with one attached hydrogen (secondary N) is 3. The lowest BCUT2D eigenvalue weighted by molar-refractivity contribution is -0.116. The molecule has 0 aliphatic carbocycles. The SMILES string of the molecule is CCC(=O)Nc1ccccc1-c1nnc(S[C@@H](CC)C(=O)Nc2ccc3c(c2)OCCO3)[nH]c1=O. The van der Waals surface area contributed by atoms with Crippen LogP contribution in [-0.4, -0.2) is 45.5 Å². The Labute approximate surface area is 205 Å². The van der Waals surface area contributed by atoms with Crippen molar-refractivity contribution in [3.8, 4) is 22.8 Å². The van der Waals surface area contributed by atoms with Crippen LogP contribution in [-0.2, 0) is 9.59 Å². The van der Waals surface area contributed by atoms with Gasteiger partial charge in [-0.25, -0.2) is 0 Å². The molecule has 1 atom stereocenters. The van der Waals surface area contributed by atoms with Gasteiger partial charge < -0.3 is 20.1 Å². The van der Waals surface area contributed by atoms with Crippen molar-refractivity contribution in [2.75, 3.05) is 23.8 Å². The van der Waals surface area contributed by atoms with Crippen molar-refractivity contribution in [1.29, 1.82) is 0 Å². The lowest BCUT2D eigenvalue weighted by atomic mass is 10.1. The van der Waals surface area contributed by atoms with Crippen molar-refractivity contribution in [3.05, 3.63) is 52.8 Å². The number of nitrogens with zero attached hydrogens (tertiary/aromatic N) is 2. The second-order valence-electron chi connectivity index (χ2n) is 7.62. The Morgan fingerprint density at radius 1 is 1.06 bits per heavy atom. The number of rotatable bonds is 8. The Kier molecular flexibility index (Phi) is 7.66. The van der Waals surface area contributed by atoms with E-state index in [1.54, 1.807) is 49.4 Å². The number of aromatic amines is 1. The molecule has 1 aromatic heterocycles. The molecule has 10 nitrogen and oxygen atoms in total. The number of hydrogen-bond acceptors (Lipinski definition) is 8. The number of thioether (sulfide) groups is 1. The van der Waals surface area contributed by atoms with E-state index in [9.17, 15) is 14.4 Å². The van der Waals surface area contributed by atoms with Crippen LogP contribution in [0.15, 0.2) is 52.4 Å². The summed E-state index contributed by atoms with van der Waals surface area (Å²) in [6.45, 7) is 4.55. The number of aromatic nitrogens is 3. The molecule has 0 unspecified atom stereocenters. The number of carbonyl (C=O) groups is 2. The summed E-state index contributed by atoms with van der Waals surface area (Å²) in [7, 11) is 0. The maximum atomic E-state index is 12.9. The molecule has 1 aliphatic heterocycles. The van der Waals surface area contributed by atoms with Crippen molar-refractivity contribution in [3.63, 3.8) is 0 Å². The van der Waals surface area contributed by atoms with Crippen LogP contribution < -0.4 is 25.7 Å². The van der Waals surface area contributed by atoms with Crippen LogP contribution in [0.25, 0.3) is 11.3 Å². The molecule has 0 spiro atoms. The third-order valence-electron chi connectivity index (χ3n) is 5.18. The van der Waals surface area contributed by atoms with Crippen molar-refractivity contribution in [1.82, 2.24) is 15.2 Å². The zero-order valence-electron chi connectivity index (χ0n) is 19.3. The van der Waals surface area contributed by atoms with Gasteiger partial charge in [0.25, 0.3) is 5.56 Å². The summed E-state index contributed by atoms with van der Waals surface area (Å²) in [6, 6.07) is 12.1. The first-order valence-electron chi connectivity index (χ1n) is 11.2. The topological polar surface area (TPSA) is 135 Å². The van der Waals surface area contributed by atoms with E-state index in [1.165, 1.54) is 0 Å². The van der Waals surface area contributed by atoms with Crippen LogP contribution in [0.4, 0.5) is 11.4 Å². The third-order valence-corrected chi connectivity index (χ3v) is 6.42. The average molecular weight is 496 g/mol. The van der Waals surface area contributed by atoms with Crippen molar-refractivity contribution < 1.29 is 19.1 Å². The monoisotopic (exact) mass is 495 g/mol. The largest absolute Gasteiger partial charge is 0.486 e. The van der Waals surface area contributed by atoms with E-state index in [0.717, 1.165) is 11.8 Å². The second-order valence-corrected chi connectivity index (χ2v) is 8.81. The maximum Gasteiger partial charge on any atom is 0.278 e. The van der Waals surface area contributed by atoms with Gasteiger partial charge in [0.15, 0.2) is 22.3 Å². The van der Waals surface area contributed by atoms with E-state index < -0.39 is 10.8 Å². The fourth-order valence-corrected chi connectivity index (χ4v) is 4.23. The molecule has 2 amide bonds. The molecule has 182 valence electrons. The summed E-state index contributed by atoms with van der Waals surface area (Å²) in [5.41, 5.74) is 1.13. The Morgan fingerprint density at radius 3 is 2.57 bits per heavy atom. The Hall–Kier alpha value is -3.86. The first-order chi connectivity index (χ1) is 17.0. The van der Waals surface area contributed by atoms with Gasteiger partial charge in [0, 0.05) is 23.7 Å². The zero-order valence-corrected chi connectivity index (χ0v) is 20.1. The minimum atomic E-state index is -0.518. The molecule has 4 rings (SSSR count). The number of fused-ring (bicyclic) bond motifs is 1. The minimum Gasteiger partial charge on any atom is -0.486 e. The Balaban J connectivity index is 1.48. The first kappa shape index (κ1) is 24.3. The predicted molar refractivity (Wildman–Crippen MR) is 133 cm³/mol. The molecule has 0 bridgehead atoms. The van der Waals surface area contributed by atoms with Gasteiger partial charge in [-0.1, -0.05) is 43.8 Å². The van der Waals surface area contributed by atoms with Crippen LogP contribution in [0.2, 0.25) is 0 Å². The van der Waals surface area contributed by atoms with E-state index >= 15 is 0 Å². The standard InChI is InChI=1S/C24H25N5O5S/c1-3-19(22(31)25-14-9-10-17-18(13-14)34-12-11-33-17)35-24-27-23(32)21(28-29-24)15-7-5-6-8-16(15)26-20(30)4-2/h5-10,13,19H,3-4,11-12H2,1-2H3,(H,25,31)(H,26,30)(H,27,29,32)/t19-/m0/s1. The molecule has 0 saturated heterocycles. The van der Waals surface area contributed by atoms with Gasteiger partial charge in [-0.3, -0.25) is 19.4 Å². The number of hydrogen-bond donors (Lipinski definition) is 3. The number of amides is 2.